The molecule has 2 aromatic rings. The highest BCUT2D eigenvalue weighted by atomic mass is 16.7. The minimum atomic E-state index is -1.19. The molecule has 2 aliphatic heterocycles. The topological polar surface area (TPSA) is 98.2 Å². The van der Waals surface area contributed by atoms with Crippen molar-refractivity contribution in [3.05, 3.63) is 35.5 Å². The van der Waals surface area contributed by atoms with E-state index in [1.54, 1.807) is 13.8 Å². The Hall–Kier alpha value is -1.44. The SMILES string of the molecule is CC(C)(O)C1OC2CCC3(C)C4(C)c5[nH]c6ccccc6c5CC4CCC3(O)C23OC3C1O. The van der Waals surface area contributed by atoms with Crippen LogP contribution in [-0.2, 0) is 21.3 Å². The summed E-state index contributed by atoms with van der Waals surface area (Å²) in [7, 11) is 0. The van der Waals surface area contributed by atoms with E-state index in [-0.39, 0.29) is 11.5 Å². The maximum Gasteiger partial charge on any atom is 0.152 e. The number of aliphatic hydroxyl groups excluding tert-OH is 1. The van der Waals surface area contributed by atoms with Crippen molar-refractivity contribution < 1.29 is 24.8 Å². The van der Waals surface area contributed by atoms with Gasteiger partial charge in [0, 0.05) is 27.4 Å². The molecule has 5 aliphatic rings. The predicted octanol–water partition coefficient (Wildman–Crippen LogP) is 2.96. The number of nitrogens with one attached hydrogen (secondary N) is 1. The van der Waals surface area contributed by atoms with E-state index >= 15 is 0 Å². The first-order valence-corrected chi connectivity index (χ1v) is 12.6. The van der Waals surface area contributed by atoms with Crippen LogP contribution in [0.5, 0.6) is 0 Å². The number of hydrogen-bond acceptors (Lipinski definition) is 5. The van der Waals surface area contributed by atoms with E-state index in [1.807, 2.05) is 0 Å². The van der Waals surface area contributed by atoms with Crippen molar-refractivity contribution in [3.8, 4) is 0 Å². The molecule has 3 aliphatic carbocycles. The lowest BCUT2D eigenvalue weighted by Gasteiger charge is -2.66. The molecule has 178 valence electrons. The summed E-state index contributed by atoms with van der Waals surface area (Å²) in [5, 5.41) is 35.7. The van der Waals surface area contributed by atoms with Gasteiger partial charge >= 0.3 is 0 Å². The van der Waals surface area contributed by atoms with E-state index in [0.717, 1.165) is 31.2 Å². The quantitative estimate of drug-likeness (QED) is 0.498. The Balaban J connectivity index is 1.36. The maximum absolute atomic E-state index is 12.7. The van der Waals surface area contributed by atoms with Crippen LogP contribution in [0, 0.1) is 11.3 Å². The normalized spacial score (nSPS) is 50.2. The van der Waals surface area contributed by atoms with Crippen LogP contribution in [0.3, 0.4) is 0 Å². The van der Waals surface area contributed by atoms with Crippen molar-refractivity contribution in [2.24, 2.45) is 11.3 Å². The van der Waals surface area contributed by atoms with Crippen molar-refractivity contribution >= 4 is 10.9 Å². The minimum absolute atomic E-state index is 0.234. The number of aromatic amines is 1. The molecule has 6 heteroatoms. The Morgan fingerprint density at radius 3 is 2.64 bits per heavy atom. The fraction of sp³-hybridized carbons (Fsp3) is 0.704. The van der Waals surface area contributed by atoms with Gasteiger partial charge in [0.25, 0.3) is 0 Å². The number of aromatic nitrogens is 1. The van der Waals surface area contributed by atoms with Crippen LogP contribution in [-0.4, -0.2) is 61.5 Å². The zero-order valence-electron chi connectivity index (χ0n) is 19.9. The lowest BCUT2D eigenvalue weighted by Crippen LogP contribution is -2.76. The highest BCUT2D eigenvalue weighted by Crippen LogP contribution is 2.74. The fourth-order valence-electron chi connectivity index (χ4n) is 8.97. The molecule has 2 saturated heterocycles. The molecule has 6 nitrogen and oxygen atoms in total. The molecule has 2 saturated carbocycles. The van der Waals surface area contributed by atoms with Gasteiger partial charge in [0.1, 0.15) is 23.9 Å². The van der Waals surface area contributed by atoms with Gasteiger partial charge in [-0.25, -0.2) is 0 Å². The van der Waals surface area contributed by atoms with Crippen LogP contribution in [0.2, 0.25) is 0 Å². The van der Waals surface area contributed by atoms with E-state index in [4.69, 9.17) is 9.47 Å². The first-order valence-electron chi connectivity index (χ1n) is 12.6. The van der Waals surface area contributed by atoms with Gasteiger partial charge in [-0.1, -0.05) is 32.0 Å². The Morgan fingerprint density at radius 1 is 1.12 bits per heavy atom. The standard InChI is InChI=1S/C27H35NO5/c1-23(2,30)21-19(29)22-27(33-22)18(32-21)10-11-24(3)25(4)14(9-12-26(24,27)31)13-16-15-7-5-6-8-17(15)28-20(16)25/h5-8,14,18-19,21-22,28-31H,9-13H2,1-4H3. The van der Waals surface area contributed by atoms with Crippen molar-refractivity contribution in [1.29, 1.82) is 0 Å². The molecule has 9 atom stereocenters. The van der Waals surface area contributed by atoms with Gasteiger partial charge in [-0.3, -0.25) is 0 Å². The first kappa shape index (κ1) is 20.9. The smallest absolute Gasteiger partial charge is 0.152 e. The molecule has 0 bridgehead atoms. The van der Waals surface area contributed by atoms with E-state index in [9.17, 15) is 15.3 Å². The molecule has 9 unspecified atom stereocenters. The average molecular weight is 454 g/mol. The third kappa shape index (κ3) is 2.08. The van der Waals surface area contributed by atoms with E-state index in [1.165, 1.54) is 16.6 Å². The lowest BCUT2D eigenvalue weighted by molar-refractivity contribution is -0.280. The van der Waals surface area contributed by atoms with Crippen LogP contribution < -0.4 is 0 Å². The minimum Gasteiger partial charge on any atom is -0.388 e. The fourth-order valence-corrected chi connectivity index (χ4v) is 8.97. The Labute approximate surface area is 194 Å². The molecule has 7 rings (SSSR count). The molecule has 3 heterocycles. The van der Waals surface area contributed by atoms with Crippen molar-refractivity contribution in [2.45, 2.75) is 106 Å². The zero-order valence-corrected chi connectivity index (χ0v) is 19.9. The van der Waals surface area contributed by atoms with E-state index in [0.29, 0.717) is 12.3 Å². The molecule has 1 spiro atoms. The number of aliphatic hydroxyl groups is 3. The number of benzene rings is 1. The summed E-state index contributed by atoms with van der Waals surface area (Å²) < 4.78 is 12.7. The number of rotatable bonds is 1. The highest BCUT2D eigenvalue weighted by molar-refractivity contribution is 5.86. The highest BCUT2D eigenvalue weighted by Gasteiger charge is 2.86. The number of para-hydroxylation sites is 1. The van der Waals surface area contributed by atoms with Crippen LogP contribution in [0.25, 0.3) is 10.9 Å². The third-order valence-electron chi connectivity index (χ3n) is 10.9. The maximum atomic E-state index is 12.7. The van der Waals surface area contributed by atoms with Crippen LogP contribution >= 0.6 is 0 Å². The van der Waals surface area contributed by atoms with Crippen molar-refractivity contribution in [1.82, 2.24) is 4.98 Å². The number of ether oxygens (including phenoxy) is 2. The summed E-state index contributed by atoms with van der Waals surface area (Å²) in [5.41, 5.74) is -0.0565. The van der Waals surface area contributed by atoms with Gasteiger partial charge in [0.2, 0.25) is 0 Å². The number of H-pyrrole nitrogens is 1. The Kier molecular flexibility index (Phi) is 3.70. The molecule has 0 amide bonds. The summed E-state index contributed by atoms with van der Waals surface area (Å²) in [4.78, 5) is 3.76. The summed E-state index contributed by atoms with van der Waals surface area (Å²) in [5.74, 6) is 0.456. The Morgan fingerprint density at radius 2 is 1.88 bits per heavy atom. The third-order valence-corrected chi connectivity index (χ3v) is 10.9. The van der Waals surface area contributed by atoms with Gasteiger partial charge in [0.05, 0.1) is 11.7 Å². The molecule has 1 aromatic heterocycles. The van der Waals surface area contributed by atoms with Crippen molar-refractivity contribution in [3.63, 3.8) is 0 Å². The van der Waals surface area contributed by atoms with Crippen LogP contribution in [0.15, 0.2) is 24.3 Å². The van der Waals surface area contributed by atoms with Crippen LogP contribution in [0.4, 0.5) is 0 Å². The molecule has 4 fully saturated rings. The molecule has 33 heavy (non-hydrogen) atoms. The number of epoxide rings is 1. The van der Waals surface area contributed by atoms with Crippen molar-refractivity contribution in [2.75, 3.05) is 0 Å². The van der Waals surface area contributed by atoms with Gasteiger partial charge in [0.15, 0.2) is 5.60 Å². The summed E-state index contributed by atoms with van der Waals surface area (Å²) >= 11 is 0. The van der Waals surface area contributed by atoms with Gasteiger partial charge < -0.3 is 29.8 Å². The predicted molar refractivity (Wildman–Crippen MR) is 123 cm³/mol. The monoisotopic (exact) mass is 453 g/mol. The van der Waals surface area contributed by atoms with Crippen LogP contribution in [0.1, 0.15) is 64.6 Å². The second-order valence-electron chi connectivity index (χ2n) is 12.4. The Bertz CT molecular complexity index is 1170. The molecule has 0 radical (unpaired) electrons. The lowest BCUT2D eigenvalue weighted by atomic mass is 9.40. The number of fused-ring (bicyclic) bond motifs is 7. The largest absolute Gasteiger partial charge is 0.388 e. The average Bonchev–Trinajstić information content (AvgIpc) is 3.34. The van der Waals surface area contributed by atoms with E-state index < -0.39 is 40.5 Å². The molecular formula is C27H35NO5. The molecule has 1 aromatic carbocycles. The van der Waals surface area contributed by atoms with Gasteiger partial charge in [-0.05, 0) is 63.5 Å². The zero-order chi connectivity index (χ0) is 23.2. The first-order chi connectivity index (χ1) is 15.5. The number of hydrogen-bond donors (Lipinski definition) is 4. The van der Waals surface area contributed by atoms with Gasteiger partial charge in [-0.2, -0.15) is 0 Å². The second kappa shape index (κ2) is 5.85. The molecule has 4 N–H and O–H groups in total. The van der Waals surface area contributed by atoms with E-state index in [2.05, 4.69) is 43.1 Å². The molecular weight excluding hydrogens is 418 g/mol. The summed E-state index contributed by atoms with van der Waals surface area (Å²) in [6.45, 7) is 7.93. The summed E-state index contributed by atoms with van der Waals surface area (Å²) in [6.07, 6.45) is 1.60. The second-order valence-corrected chi connectivity index (χ2v) is 12.4. The summed E-state index contributed by atoms with van der Waals surface area (Å²) in [6, 6.07) is 8.52. The van der Waals surface area contributed by atoms with Gasteiger partial charge in [-0.15, -0.1) is 0 Å².